The highest BCUT2D eigenvalue weighted by molar-refractivity contribution is 5.87. The molecule has 0 unspecified atom stereocenters. The lowest BCUT2D eigenvalue weighted by atomic mass is 10.2. The first-order valence-electron chi connectivity index (χ1n) is 7.98. The van der Waals surface area contributed by atoms with Gasteiger partial charge in [-0.15, -0.1) is 0 Å². The van der Waals surface area contributed by atoms with Crippen LogP contribution in [-0.4, -0.2) is 48.6 Å². The third kappa shape index (κ3) is 8.19. The number of hydrogen-bond donors (Lipinski definition) is 1. The van der Waals surface area contributed by atoms with Crippen molar-refractivity contribution in [2.45, 2.75) is 45.4 Å². The maximum atomic E-state index is 12.3. The molecule has 1 aromatic carbocycles. The van der Waals surface area contributed by atoms with E-state index in [1.165, 1.54) is 4.90 Å². The van der Waals surface area contributed by atoms with E-state index in [1.54, 1.807) is 34.9 Å². The van der Waals surface area contributed by atoms with Crippen LogP contribution in [0.5, 0.6) is 0 Å². The summed E-state index contributed by atoms with van der Waals surface area (Å²) in [7, 11) is 3.14. The molecule has 1 N–H and O–H groups in total. The summed E-state index contributed by atoms with van der Waals surface area (Å²) in [5, 5.41) is 2.41. The summed E-state index contributed by atoms with van der Waals surface area (Å²) >= 11 is 0. The van der Waals surface area contributed by atoms with Crippen LogP contribution in [0.2, 0.25) is 0 Å². The van der Waals surface area contributed by atoms with Crippen molar-refractivity contribution < 1.29 is 23.9 Å². The Kier molecular flexibility index (Phi) is 7.42. The van der Waals surface area contributed by atoms with Crippen molar-refractivity contribution >= 4 is 18.0 Å². The molecule has 0 saturated carbocycles. The van der Waals surface area contributed by atoms with E-state index >= 15 is 0 Å². The summed E-state index contributed by atoms with van der Waals surface area (Å²) in [6.45, 7) is 5.18. The van der Waals surface area contributed by atoms with Gasteiger partial charge in [0.05, 0.1) is 6.42 Å². The van der Waals surface area contributed by atoms with Crippen molar-refractivity contribution in [1.29, 1.82) is 0 Å². The van der Waals surface area contributed by atoms with E-state index in [9.17, 15) is 14.4 Å². The molecule has 0 aliphatic carbocycles. The summed E-state index contributed by atoms with van der Waals surface area (Å²) in [6, 6.07) is 8.02. The lowest BCUT2D eigenvalue weighted by Gasteiger charge is -2.23. The van der Waals surface area contributed by atoms with Crippen LogP contribution >= 0.6 is 0 Å². The number of rotatable bonds is 6. The van der Waals surface area contributed by atoms with E-state index in [1.807, 2.05) is 30.3 Å². The number of nitrogens with one attached hydrogen (secondary N) is 1. The summed E-state index contributed by atoms with van der Waals surface area (Å²) in [5.74, 6) is -0.998. The van der Waals surface area contributed by atoms with Gasteiger partial charge in [0.25, 0.3) is 0 Å². The molecule has 0 bridgehead atoms. The fourth-order valence-electron chi connectivity index (χ4n) is 1.83. The number of alkyl carbamates (subject to hydrolysis) is 1. The van der Waals surface area contributed by atoms with Gasteiger partial charge in [-0.25, -0.2) is 9.59 Å². The van der Waals surface area contributed by atoms with Gasteiger partial charge in [0.2, 0.25) is 5.91 Å². The minimum absolute atomic E-state index is 0.0579. The highest BCUT2D eigenvalue weighted by Crippen LogP contribution is 2.09. The predicted octanol–water partition coefficient (Wildman–Crippen LogP) is 2.10. The molecule has 0 radical (unpaired) electrons. The van der Waals surface area contributed by atoms with Gasteiger partial charge in [-0.2, -0.15) is 0 Å². The number of amides is 2. The lowest BCUT2D eigenvalue weighted by molar-refractivity contribution is -0.149. The second-order valence-corrected chi connectivity index (χ2v) is 6.78. The Bertz CT molecular complexity index is 593. The molecule has 1 rings (SSSR count). The van der Waals surface area contributed by atoms with E-state index in [2.05, 4.69) is 5.32 Å². The molecule has 0 aliphatic heterocycles. The summed E-state index contributed by atoms with van der Waals surface area (Å²) in [4.78, 5) is 37.5. The van der Waals surface area contributed by atoms with Gasteiger partial charge in [-0.1, -0.05) is 30.3 Å². The van der Waals surface area contributed by atoms with Crippen LogP contribution in [0.3, 0.4) is 0 Å². The Morgan fingerprint density at radius 3 is 2.24 bits per heavy atom. The molecule has 0 aliphatic rings. The SMILES string of the molecule is CN(C)C(=O)C[C@@H](NC(=O)OC(C)(C)C)C(=O)OCc1ccccc1. The Morgan fingerprint density at radius 1 is 1.12 bits per heavy atom. The second-order valence-electron chi connectivity index (χ2n) is 6.78. The molecule has 1 atom stereocenters. The van der Waals surface area contributed by atoms with Gasteiger partial charge in [-0.05, 0) is 26.3 Å². The number of esters is 1. The molecule has 0 fully saturated rings. The number of hydrogen-bond acceptors (Lipinski definition) is 5. The average molecular weight is 350 g/mol. The van der Waals surface area contributed by atoms with Crippen LogP contribution in [0.4, 0.5) is 4.79 Å². The monoisotopic (exact) mass is 350 g/mol. The lowest BCUT2D eigenvalue weighted by Crippen LogP contribution is -2.46. The van der Waals surface area contributed by atoms with Gasteiger partial charge in [0.1, 0.15) is 18.2 Å². The minimum Gasteiger partial charge on any atom is -0.459 e. The largest absolute Gasteiger partial charge is 0.459 e. The molecule has 138 valence electrons. The Labute approximate surface area is 148 Å². The van der Waals surface area contributed by atoms with Crippen molar-refractivity contribution in [2.24, 2.45) is 0 Å². The van der Waals surface area contributed by atoms with Crippen LogP contribution in [0.1, 0.15) is 32.8 Å². The van der Waals surface area contributed by atoms with Crippen LogP contribution in [0.25, 0.3) is 0 Å². The minimum atomic E-state index is -1.12. The molecular formula is C18H26N2O5. The molecule has 0 saturated heterocycles. The first-order valence-corrected chi connectivity index (χ1v) is 7.98. The first-order chi connectivity index (χ1) is 11.6. The Balaban J connectivity index is 2.73. The Hall–Kier alpha value is -2.57. The highest BCUT2D eigenvalue weighted by atomic mass is 16.6. The topological polar surface area (TPSA) is 84.9 Å². The maximum Gasteiger partial charge on any atom is 0.408 e. The zero-order valence-electron chi connectivity index (χ0n) is 15.4. The average Bonchev–Trinajstić information content (AvgIpc) is 2.50. The quantitative estimate of drug-likeness (QED) is 0.794. The van der Waals surface area contributed by atoms with Gasteiger partial charge < -0.3 is 19.7 Å². The maximum absolute atomic E-state index is 12.3. The molecule has 0 spiro atoms. The molecule has 25 heavy (non-hydrogen) atoms. The Morgan fingerprint density at radius 2 is 1.72 bits per heavy atom. The zero-order chi connectivity index (χ0) is 19.0. The van der Waals surface area contributed by atoms with Crippen LogP contribution in [0.15, 0.2) is 30.3 Å². The van der Waals surface area contributed by atoms with Crippen LogP contribution < -0.4 is 5.32 Å². The van der Waals surface area contributed by atoms with E-state index < -0.39 is 23.7 Å². The summed E-state index contributed by atoms with van der Waals surface area (Å²) in [5.41, 5.74) is 0.0968. The predicted molar refractivity (Wildman–Crippen MR) is 92.7 cm³/mol. The number of ether oxygens (including phenoxy) is 2. The summed E-state index contributed by atoms with van der Waals surface area (Å²) < 4.78 is 10.4. The van der Waals surface area contributed by atoms with Crippen molar-refractivity contribution in [1.82, 2.24) is 10.2 Å². The number of benzene rings is 1. The smallest absolute Gasteiger partial charge is 0.408 e. The van der Waals surface area contributed by atoms with Gasteiger partial charge in [0, 0.05) is 14.1 Å². The van der Waals surface area contributed by atoms with Crippen LogP contribution in [0, 0.1) is 0 Å². The van der Waals surface area contributed by atoms with Crippen LogP contribution in [-0.2, 0) is 25.7 Å². The number of carbonyl (C=O) groups excluding carboxylic acids is 3. The fraction of sp³-hybridized carbons (Fsp3) is 0.500. The van der Waals surface area contributed by atoms with Gasteiger partial charge in [0.15, 0.2) is 0 Å². The van der Waals surface area contributed by atoms with Crippen molar-refractivity contribution in [3.05, 3.63) is 35.9 Å². The molecule has 7 nitrogen and oxygen atoms in total. The first kappa shape index (κ1) is 20.5. The van der Waals surface area contributed by atoms with E-state index in [-0.39, 0.29) is 18.9 Å². The van der Waals surface area contributed by atoms with Crippen molar-refractivity contribution in [3.63, 3.8) is 0 Å². The third-order valence-electron chi connectivity index (χ3n) is 3.08. The molecule has 7 heteroatoms. The van der Waals surface area contributed by atoms with Crippen molar-refractivity contribution in [3.8, 4) is 0 Å². The standard InChI is InChI=1S/C18H26N2O5/c1-18(2,3)25-17(23)19-14(11-15(21)20(4)5)16(22)24-12-13-9-7-6-8-10-13/h6-10,14H,11-12H2,1-5H3,(H,19,23)/t14-/m1/s1. The molecule has 2 amide bonds. The van der Waals surface area contributed by atoms with E-state index in [0.717, 1.165) is 5.56 Å². The van der Waals surface area contributed by atoms with E-state index in [4.69, 9.17) is 9.47 Å². The highest BCUT2D eigenvalue weighted by Gasteiger charge is 2.28. The van der Waals surface area contributed by atoms with Crippen molar-refractivity contribution in [2.75, 3.05) is 14.1 Å². The summed E-state index contributed by atoms with van der Waals surface area (Å²) in [6.07, 6.45) is -0.986. The van der Waals surface area contributed by atoms with E-state index in [0.29, 0.717) is 0 Å². The third-order valence-corrected chi connectivity index (χ3v) is 3.08. The van der Waals surface area contributed by atoms with Gasteiger partial charge >= 0.3 is 12.1 Å². The second kappa shape index (κ2) is 9.05. The van der Waals surface area contributed by atoms with Gasteiger partial charge in [-0.3, -0.25) is 4.79 Å². The molecular weight excluding hydrogens is 324 g/mol. The molecule has 1 aromatic rings. The number of carbonyl (C=O) groups is 3. The molecule has 0 heterocycles. The molecule has 0 aromatic heterocycles. The normalized spacial score (nSPS) is 12.0. The fourth-order valence-corrected chi connectivity index (χ4v) is 1.83. The number of nitrogens with zero attached hydrogens (tertiary/aromatic N) is 1. The zero-order valence-corrected chi connectivity index (χ0v) is 15.4.